The zero-order chi connectivity index (χ0) is 7.33. The van der Waals surface area contributed by atoms with Gasteiger partial charge in [-0.3, -0.25) is 8.22 Å². The zero-order valence-electron chi connectivity index (χ0n) is 5.66. The molecule has 0 aromatic rings. The van der Waals surface area contributed by atoms with Gasteiger partial charge in [-0.05, 0) is 6.04 Å². The molecule has 0 heterocycles. The Hall–Kier alpha value is -0.183. The average Bonchev–Trinajstić information content (AvgIpc) is 1.64. The van der Waals surface area contributed by atoms with E-state index in [1.165, 1.54) is 6.08 Å². The summed E-state index contributed by atoms with van der Waals surface area (Å²) in [7, 11) is -3.82. The molecule has 0 rings (SSSR count). The average molecular weight is 150 g/mol. The molecule has 0 bridgehead atoms. The summed E-state index contributed by atoms with van der Waals surface area (Å²) in [6, 6.07) is 0.0554. The van der Waals surface area contributed by atoms with E-state index in [2.05, 4.69) is 6.58 Å². The molecule has 0 amide bonds. The van der Waals surface area contributed by atoms with Crippen molar-refractivity contribution < 1.29 is 8.22 Å². The molecular weight excluding hydrogens is 138 g/mol. The topological polar surface area (TPSA) is 0 Å². The van der Waals surface area contributed by atoms with Crippen LogP contribution in [0, 0.1) is 0 Å². The Morgan fingerprint density at radius 2 is 2.11 bits per heavy atom. The molecule has 0 atom stereocenters. The van der Waals surface area contributed by atoms with Crippen molar-refractivity contribution in [3.05, 3.63) is 12.7 Å². The minimum Gasteiger partial charge on any atom is -0.270 e. The van der Waals surface area contributed by atoms with Crippen molar-refractivity contribution in [3.63, 3.8) is 0 Å². The molecule has 0 aliphatic rings. The molecule has 3 heteroatoms. The number of hydrogen-bond donors (Lipinski definition) is 0. The molecule has 0 aromatic heterocycles. The lowest BCUT2D eigenvalue weighted by molar-refractivity contribution is 0.592. The van der Waals surface area contributed by atoms with Gasteiger partial charge in [-0.15, -0.1) is 6.58 Å². The lowest BCUT2D eigenvalue weighted by Crippen LogP contribution is -2.19. The van der Waals surface area contributed by atoms with Gasteiger partial charge >= 0.3 is 8.74 Å². The number of rotatable bonds is 4. The first kappa shape index (κ1) is 8.82. The maximum atomic E-state index is 12.5. The van der Waals surface area contributed by atoms with Crippen LogP contribution in [-0.4, -0.2) is 8.74 Å². The summed E-state index contributed by atoms with van der Waals surface area (Å²) in [6.07, 6.45) is 1.91. The van der Waals surface area contributed by atoms with E-state index < -0.39 is 8.74 Å². The third-order valence-electron chi connectivity index (χ3n) is 1.06. The van der Waals surface area contributed by atoms with Crippen molar-refractivity contribution in [1.82, 2.24) is 0 Å². The molecule has 0 fully saturated rings. The smallest absolute Gasteiger partial charge is 0.270 e. The van der Waals surface area contributed by atoms with E-state index in [0.29, 0.717) is 6.42 Å². The minimum absolute atomic E-state index is 0.0547. The summed E-state index contributed by atoms with van der Waals surface area (Å²) in [5.74, 6) is 0. The van der Waals surface area contributed by atoms with E-state index in [4.69, 9.17) is 0 Å². The highest BCUT2D eigenvalue weighted by Crippen LogP contribution is 2.20. The summed E-state index contributed by atoms with van der Waals surface area (Å²) in [4.78, 5) is 0. The normalized spacial score (nSPS) is 11.4. The third kappa shape index (κ3) is 4.33. The highest BCUT2D eigenvalue weighted by atomic mass is 28.4. The molecule has 0 unspecified atom stereocenters. The van der Waals surface area contributed by atoms with Crippen LogP contribution in [0.4, 0.5) is 8.22 Å². The fraction of sp³-hybridized carbons (Fsp3) is 0.667. The molecule has 0 saturated carbocycles. The van der Waals surface area contributed by atoms with Gasteiger partial charge < -0.3 is 0 Å². The van der Waals surface area contributed by atoms with E-state index in [1.807, 2.05) is 0 Å². The van der Waals surface area contributed by atoms with Gasteiger partial charge in [0.1, 0.15) is 0 Å². The summed E-state index contributed by atoms with van der Waals surface area (Å²) in [6.45, 7) is 5.06. The number of halogens is 2. The SMILES string of the molecule is C=CC[Si](F)(F)CCC. The zero-order valence-corrected chi connectivity index (χ0v) is 6.66. The second-order valence-electron chi connectivity index (χ2n) is 2.10. The Bertz CT molecular complexity index is 91.1. The Morgan fingerprint density at radius 1 is 1.56 bits per heavy atom. The van der Waals surface area contributed by atoms with E-state index in [0.717, 1.165) is 0 Å². The summed E-state index contributed by atoms with van der Waals surface area (Å²) < 4.78 is 25.0. The predicted octanol–water partition coefficient (Wildman–Crippen LogP) is 2.96. The van der Waals surface area contributed by atoms with Crippen molar-refractivity contribution in [1.29, 1.82) is 0 Å². The fourth-order valence-corrected chi connectivity index (χ4v) is 2.04. The van der Waals surface area contributed by atoms with Gasteiger partial charge in [-0.1, -0.05) is 19.4 Å². The Balaban J connectivity index is 3.55. The third-order valence-corrected chi connectivity index (χ3v) is 3.18. The molecule has 0 N–H and O–H groups in total. The monoisotopic (exact) mass is 150 g/mol. The van der Waals surface area contributed by atoms with E-state index in [1.54, 1.807) is 6.92 Å². The van der Waals surface area contributed by atoms with Crippen molar-refractivity contribution in [2.45, 2.75) is 25.4 Å². The van der Waals surface area contributed by atoms with Crippen LogP contribution < -0.4 is 0 Å². The van der Waals surface area contributed by atoms with E-state index in [-0.39, 0.29) is 12.1 Å². The van der Waals surface area contributed by atoms with Crippen molar-refractivity contribution in [2.75, 3.05) is 0 Å². The van der Waals surface area contributed by atoms with E-state index in [9.17, 15) is 8.22 Å². The second-order valence-corrected chi connectivity index (χ2v) is 4.72. The standard InChI is InChI=1S/C6H12F2Si/c1-3-5-9(7,8)6-4-2/h3H,1,4-6H2,2H3. The summed E-state index contributed by atoms with van der Waals surface area (Å²) >= 11 is 0. The number of allylic oxidation sites excluding steroid dienone is 1. The molecule has 0 saturated heterocycles. The molecule has 9 heavy (non-hydrogen) atoms. The van der Waals surface area contributed by atoms with Gasteiger partial charge in [0, 0.05) is 6.04 Å². The Labute approximate surface area is 55.9 Å². The molecule has 0 aromatic carbocycles. The predicted molar refractivity (Wildman–Crippen MR) is 38.1 cm³/mol. The quantitative estimate of drug-likeness (QED) is 0.328. The molecule has 54 valence electrons. The van der Waals surface area contributed by atoms with Gasteiger partial charge in [0.05, 0.1) is 0 Å². The van der Waals surface area contributed by atoms with Gasteiger partial charge in [0.2, 0.25) is 0 Å². The Morgan fingerprint density at radius 3 is 2.44 bits per heavy atom. The van der Waals surface area contributed by atoms with Gasteiger partial charge in [0.15, 0.2) is 0 Å². The highest BCUT2D eigenvalue weighted by molar-refractivity contribution is 6.66. The van der Waals surface area contributed by atoms with Crippen LogP contribution >= 0.6 is 0 Å². The Kier molecular flexibility index (Phi) is 3.69. The lowest BCUT2D eigenvalue weighted by Gasteiger charge is -2.06. The molecular formula is C6H12F2Si. The first-order valence-electron chi connectivity index (χ1n) is 3.11. The van der Waals surface area contributed by atoms with Gasteiger partial charge in [-0.25, -0.2) is 0 Å². The highest BCUT2D eigenvalue weighted by Gasteiger charge is 2.31. The van der Waals surface area contributed by atoms with E-state index >= 15 is 0 Å². The van der Waals surface area contributed by atoms with Crippen LogP contribution in [0.15, 0.2) is 12.7 Å². The first-order valence-corrected chi connectivity index (χ1v) is 5.28. The maximum absolute atomic E-state index is 12.5. The maximum Gasteiger partial charge on any atom is 0.428 e. The van der Waals surface area contributed by atoms with Crippen LogP contribution in [0.1, 0.15) is 13.3 Å². The van der Waals surface area contributed by atoms with Crippen molar-refractivity contribution in [2.24, 2.45) is 0 Å². The molecule has 0 radical (unpaired) electrons. The first-order chi connectivity index (χ1) is 4.12. The van der Waals surface area contributed by atoms with Crippen LogP contribution in [0.25, 0.3) is 0 Å². The van der Waals surface area contributed by atoms with Crippen LogP contribution in [0.5, 0.6) is 0 Å². The van der Waals surface area contributed by atoms with Crippen molar-refractivity contribution >= 4 is 8.74 Å². The lowest BCUT2D eigenvalue weighted by atomic mass is 10.6. The summed E-state index contributed by atoms with van der Waals surface area (Å²) in [5.41, 5.74) is 0. The fourth-order valence-electron chi connectivity index (χ4n) is 0.679. The molecule has 0 nitrogen and oxygen atoms in total. The molecule has 0 spiro atoms. The van der Waals surface area contributed by atoms with Crippen LogP contribution in [0.2, 0.25) is 12.1 Å². The largest absolute Gasteiger partial charge is 0.428 e. The second kappa shape index (κ2) is 3.77. The van der Waals surface area contributed by atoms with Crippen LogP contribution in [-0.2, 0) is 0 Å². The van der Waals surface area contributed by atoms with Crippen LogP contribution in [0.3, 0.4) is 0 Å². The van der Waals surface area contributed by atoms with Crippen molar-refractivity contribution in [3.8, 4) is 0 Å². The molecule has 0 aliphatic heterocycles. The van der Waals surface area contributed by atoms with Gasteiger partial charge in [-0.2, -0.15) is 0 Å². The molecule has 0 aliphatic carbocycles. The van der Waals surface area contributed by atoms with Gasteiger partial charge in [0.25, 0.3) is 0 Å². The summed E-state index contributed by atoms with van der Waals surface area (Å²) in [5, 5.41) is 0. The minimum atomic E-state index is -3.82. The number of hydrogen-bond acceptors (Lipinski definition) is 0.